The first-order chi connectivity index (χ1) is 10.3. The van der Waals surface area contributed by atoms with Gasteiger partial charge in [0, 0.05) is 7.11 Å². The number of thioether (sulfide) groups is 1. The van der Waals surface area contributed by atoms with E-state index in [0.717, 1.165) is 17.0 Å². The van der Waals surface area contributed by atoms with Crippen LogP contribution in [0.25, 0.3) is 6.08 Å². The third-order valence-corrected chi connectivity index (χ3v) is 3.81. The summed E-state index contributed by atoms with van der Waals surface area (Å²) >= 11 is 0.702. The quantitative estimate of drug-likeness (QED) is 0.794. The molecule has 22 heavy (non-hydrogen) atoms. The Labute approximate surface area is 128 Å². The van der Waals surface area contributed by atoms with Crippen molar-refractivity contribution in [1.29, 1.82) is 0 Å². The van der Waals surface area contributed by atoms with E-state index >= 15 is 0 Å². The second-order valence-electron chi connectivity index (χ2n) is 4.45. The van der Waals surface area contributed by atoms with Gasteiger partial charge in [0.05, 0.1) is 23.6 Å². The van der Waals surface area contributed by atoms with Crippen LogP contribution in [0.5, 0.6) is 0 Å². The Balaban J connectivity index is 2.23. The van der Waals surface area contributed by atoms with Crippen molar-refractivity contribution in [1.82, 2.24) is 4.90 Å². The van der Waals surface area contributed by atoms with Gasteiger partial charge in [0.2, 0.25) is 0 Å². The minimum Gasteiger partial charge on any atom is -0.383 e. The molecular formula is C14H12F3NO3S. The molecule has 118 valence electrons. The summed E-state index contributed by atoms with van der Waals surface area (Å²) in [5.74, 6) is -0.524. The highest BCUT2D eigenvalue weighted by atomic mass is 32.2. The monoisotopic (exact) mass is 331 g/mol. The molecule has 8 heteroatoms. The third-order valence-electron chi connectivity index (χ3n) is 2.90. The number of carbonyl (C=O) groups is 2. The lowest BCUT2D eigenvalue weighted by Crippen LogP contribution is -2.31. The number of amides is 2. The van der Waals surface area contributed by atoms with Crippen LogP contribution in [0.15, 0.2) is 29.2 Å². The second-order valence-corrected chi connectivity index (χ2v) is 5.44. The minimum atomic E-state index is -4.46. The maximum atomic E-state index is 12.7. The number of benzene rings is 1. The van der Waals surface area contributed by atoms with E-state index in [0.29, 0.717) is 11.8 Å². The molecule has 0 N–H and O–H groups in total. The average molecular weight is 331 g/mol. The van der Waals surface area contributed by atoms with Crippen molar-refractivity contribution >= 4 is 29.0 Å². The Morgan fingerprint density at radius 1 is 1.32 bits per heavy atom. The smallest absolute Gasteiger partial charge is 0.383 e. The Kier molecular flexibility index (Phi) is 4.92. The second kappa shape index (κ2) is 6.53. The molecule has 1 aliphatic heterocycles. The van der Waals surface area contributed by atoms with Gasteiger partial charge >= 0.3 is 6.18 Å². The third kappa shape index (κ3) is 3.69. The van der Waals surface area contributed by atoms with Gasteiger partial charge in [-0.15, -0.1) is 0 Å². The van der Waals surface area contributed by atoms with E-state index in [9.17, 15) is 22.8 Å². The normalized spacial score (nSPS) is 17.6. The molecule has 0 saturated carbocycles. The van der Waals surface area contributed by atoms with Crippen LogP contribution >= 0.6 is 11.8 Å². The molecule has 1 aliphatic rings. The summed E-state index contributed by atoms with van der Waals surface area (Å²) in [4.78, 5) is 24.9. The number of methoxy groups -OCH3 is 1. The molecule has 0 spiro atoms. The van der Waals surface area contributed by atoms with Gasteiger partial charge < -0.3 is 4.74 Å². The van der Waals surface area contributed by atoms with Crippen LogP contribution in [-0.2, 0) is 15.7 Å². The Bertz CT molecular complexity index is 628. The zero-order chi connectivity index (χ0) is 16.3. The molecule has 0 aromatic heterocycles. The predicted molar refractivity (Wildman–Crippen MR) is 76.0 cm³/mol. The van der Waals surface area contributed by atoms with Crippen LogP contribution in [0.2, 0.25) is 0 Å². The highest BCUT2D eigenvalue weighted by Crippen LogP contribution is 2.34. The number of alkyl halides is 3. The van der Waals surface area contributed by atoms with E-state index in [4.69, 9.17) is 4.74 Å². The lowest BCUT2D eigenvalue weighted by atomic mass is 10.1. The molecule has 2 amide bonds. The van der Waals surface area contributed by atoms with Gasteiger partial charge in [0.25, 0.3) is 11.1 Å². The molecule has 0 radical (unpaired) electrons. The number of carbonyl (C=O) groups excluding carboxylic acids is 2. The number of ether oxygens (including phenoxy) is 1. The van der Waals surface area contributed by atoms with E-state index < -0.39 is 22.9 Å². The standard InChI is InChI=1S/C14H12F3NO3S/c1-21-6-5-18-12(19)11(22-13(18)20)8-9-3-2-4-10(7-9)14(15,16)17/h2-4,7-8H,5-6H2,1H3/b11-8+. The molecule has 4 nitrogen and oxygen atoms in total. The molecule has 1 fully saturated rings. The largest absolute Gasteiger partial charge is 0.416 e. The van der Waals surface area contributed by atoms with Crippen molar-refractivity contribution < 1.29 is 27.5 Å². The van der Waals surface area contributed by atoms with Crippen molar-refractivity contribution in [2.75, 3.05) is 20.3 Å². The van der Waals surface area contributed by atoms with Crippen LogP contribution in [0.4, 0.5) is 18.0 Å². The summed E-state index contributed by atoms with van der Waals surface area (Å²) in [6.45, 7) is 0.315. The zero-order valence-electron chi connectivity index (χ0n) is 11.5. The Morgan fingerprint density at radius 3 is 2.68 bits per heavy atom. The van der Waals surface area contributed by atoms with Gasteiger partial charge in [-0.05, 0) is 35.5 Å². The number of halogens is 3. The fraction of sp³-hybridized carbons (Fsp3) is 0.286. The van der Waals surface area contributed by atoms with E-state index in [1.807, 2.05) is 0 Å². The summed E-state index contributed by atoms with van der Waals surface area (Å²) in [5.41, 5.74) is -0.591. The average Bonchev–Trinajstić information content (AvgIpc) is 2.71. The number of hydrogen-bond acceptors (Lipinski definition) is 4. The molecule has 2 rings (SSSR count). The van der Waals surface area contributed by atoms with Gasteiger partial charge in [-0.25, -0.2) is 0 Å². The molecule has 1 saturated heterocycles. The maximum absolute atomic E-state index is 12.7. The topological polar surface area (TPSA) is 46.6 Å². The first-order valence-corrected chi connectivity index (χ1v) is 7.06. The summed E-state index contributed by atoms with van der Waals surface area (Å²) in [7, 11) is 1.44. The minimum absolute atomic E-state index is 0.0976. The summed E-state index contributed by atoms with van der Waals surface area (Å²) in [6.07, 6.45) is -3.17. The molecule has 1 aromatic carbocycles. The van der Waals surface area contributed by atoms with E-state index in [1.54, 1.807) is 0 Å². The van der Waals surface area contributed by atoms with Crippen LogP contribution < -0.4 is 0 Å². The fourth-order valence-electron chi connectivity index (χ4n) is 1.83. The fourth-order valence-corrected chi connectivity index (χ4v) is 2.70. The Morgan fingerprint density at radius 2 is 2.05 bits per heavy atom. The highest BCUT2D eigenvalue weighted by Gasteiger charge is 2.35. The van der Waals surface area contributed by atoms with Crippen molar-refractivity contribution in [2.24, 2.45) is 0 Å². The molecule has 0 unspecified atom stereocenters. The zero-order valence-corrected chi connectivity index (χ0v) is 12.3. The van der Waals surface area contributed by atoms with Crippen LogP contribution in [-0.4, -0.2) is 36.3 Å². The lowest BCUT2D eigenvalue weighted by molar-refractivity contribution is -0.137. The summed E-state index contributed by atoms with van der Waals surface area (Å²) in [6, 6.07) is 4.58. The lowest BCUT2D eigenvalue weighted by Gasteiger charge is -2.10. The van der Waals surface area contributed by atoms with Crippen LogP contribution in [0.1, 0.15) is 11.1 Å². The molecule has 0 aliphatic carbocycles. The van der Waals surface area contributed by atoms with E-state index in [1.165, 1.54) is 25.3 Å². The van der Waals surface area contributed by atoms with Gasteiger partial charge in [-0.3, -0.25) is 14.5 Å². The van der Waals surface area contributed by atoms with Crippen LogP contribution in [0.3, 0.4) is 0 Å². The molecule has 1 aromatic rings. The van der Waals surface area contributed by atoms with Gasteiger partial charge in [0.1, 0.15) is 0 Å². The number of rotatable bonds is 4. The van der Waals surface area contributed by atoms with Crippen molar-refractivity contribution in [3.05, 3.63) is 40.3 Å². The van der Waals surface area contributed by atoms with Crippen molar-refractivity contribution in [3.63, 3.8) is 0 Å². The first kappa shape index (κ1) is 16.6. The predicted octanol–water partition coefficient (Wildman–Crippen LogP) is 3.39. The number of imide groups is 1. The maximum Gasteiger partial charge on any atom is 0.416 e. The van der Waals surface area contributed by atoms with Crippen LogP contribution in [0, 0.1) is 0 Å². The SMILES string of the molecule is COCCN1C(=O)S/C(=C/c2cccc(C(F)(F)F)c2)C1=O. The summed E-state index contributed by atoms with van der Waals surface area (Å²) in [5, 5.41) is -0.458. The molecule has 1 heterocycles. The summed E-state index contributed by atoms with van der Waals surface area (Å²) < 4.78 is 42.8. The molecule has 0 bridgehead atoms. The Hall–Kier alpha value is -1.80. The van der Waals surface area contributed by atoms with Gasteiger partial charge in [-0.1, -0.05) is 12.1 Å². The number of nitrogens with zero attached hydrogens (tertiary/aromatic N) is 1. The first-order valence-electron chi connectivity index (χ1n) is 6.24. The molecular weight excluding hydrogens is 319 g/mol. The van der Waals surface area contributed by atoms with Gasteiger partial charge in [-0.2, -0.15) is 13.2 Å². The van der Waals surface area contributed by atoms with Crippen molar-refractivity contribution in [2.45, 2.75) is 6.18 Å². The van der Waals surface area contributed by atoms with E-state index in [2.05, 4.69) is 0 Å². The highest BCUT2D eigenvalue weighted by molar-refractivity contribution is 8.18. The van der Waals surface area contributed by atoms with Crippen molar-refractivity contribution in [3.8, 4) is 0 Å². The number of hydrogen-bond donors (Lipinski definition) is 0. The molecule has 0 atom stereocenters. The van der Waals surface area contributed by atoms with E-state index in [-0.39, 0.29) is 23.6 Å². The van der Waals surface area contributed by atoms with Gasteiger partial charge in [0.15, 0.2) is 0 Å².